The van der Waals surface area contributed by atoms with Crippen LogP contribution in [0.3, 0.4) is 0 Å². The van der Waals surface area contributed by atoms with Gasteiger partial charge in [-0.25, -0.2) is 0 Å². The number of allylic oxidation sites excluding steroid dienone is 1. The number of aldehydes is 1. The predicted molar refractivity (Wildman–Crippen MR) is 133 cm³/mol. The Morgan fingerprint density at radius 1 is 1.28 bits per heavy atom. The molecule has 36 heavy (non-hydrogen) atoms. The molecule has 200 valence electrons. The smallest absolute Gasteiger partial charge is 0.315 e. The van der Waals surface area contributed by atoms with E-state index in [4.69, 9.17) is 14.2 Å². The fraction of sp³-hybridized carbons (Fsp3) is 0.793. The molecular formula is C29H42O7. The highest BCUT2D eigenvalue weighted by atomic mass is 16.7. The normalized spacial score (nSPS) is 49.1. The van der Waals surface area contributed by atoms with Gasteiger partial charge in [0.15, 0.2) is 6.29 Å². The fourth-order valence-electron chi connectivity index (χ4n) is 9.43. The molecule has 11 atom stereocenters. The van der Waals surface area contributed by atoms with Crippen LogP contribution in [0.25, 0.3) is 0 Å². The lowest BCUT2D eigenvalue weighted by Crippen LogP contribution is -2.63. The molecule has 2 N–H and O–H groups in total. The maximum atomic E-state index is 13.5. The minimum atomic E-state index is -1.26. The van der Waals surface area contributed by atoms with Gasteiger partial charge in [0.05, 0.1) is 30.8 Å². The highest BCUT2D eigenvalue weighted by molar-refractivity contribution is 5.90. The molecule has 4 fully saturated rings. The van der Waals surface area contributed by atoms with Gasteiger partial charge in [-0.05, 0) is 55.8 Å². The summed E-state index contributed by atoms with van der Waals surface area (Å²) in [5, 5.41) is 21.8. The van der Waals surface area contributed by atoms with Crippen LogP contribution in [0, 0.1) is 45.8 Å². The van der Waals surface area contributed by atoms with Crippen LogP contribution >= 0.6 is 0 Å². The summed E-state index contributed by atoms with van der Waals surface area (Å²) >= 11 is 0. The van der Waals surface area contributed by atoms with E-state index in [1.807, 2.05) is 20.8 Å². The number of carboxylic acids is 1. The molecule has 3 saturated carbocycles. The maximum Gasteiger partial charge on any atom is 0.315 e. The molecule has 4 aliphatic carbocycles. The number of fused-ring (bicyclic) bond motifs is 2. The molecule has 4 bridgehead atoms. The van der Waals surface area contributed by atoms with E-state index >= 15 is 0 Å². The van der Waals surface area contributed by atoms with Crippen LogP contribution in [0.2, 0.25) is 0 Å². The molecule has 7 unspecified atom stereocenters. The third kappa shape index (κ3) is 3.18. The first-order valence-corrected chi connectivity index (χ1v) is 13.7. The number of aliphatic carboxylic acids is 1. The molecule has 5 aliphatic rings. The number of aliphatic hydroxyl groups excluding tert-OH is 1. The lowest BCUT2D eigenvalue weighted by molar-refractivity contribution is -0.268. The maximum absolute atomic E-state index is 13.5. The Morgan fingerprint density at radius 3 is 2.64 bits per heavy atom. The Bertz CT molecular complexity index is 932. The number of carbonyl (C=O) groups is 2. The second-order valence-corrected chi connectivity index (χ2v) is 12.5. The molecule has 0 aromatic carbocycles. The Morgan fingerprint density at radius 2 is 2.03 bits per heavy atom. The van der Waals surface area contributed by atoms with Crippen LogP contribution < -0.4 is 0 Å². The van der Waals surface area contributed by atoms with Crippen LogP contribution in [0.5, 0.6) is 0 Å². The van der Waals surface area contributed by atoms with Crippen molar-refractivity contribution in [3.8, 4) is 0 Å². The van der Waals surface area contributed by atoms with E-state index in [1.165, 1.54) is 0 Å². The zero-order valence-electron chi connectivity index (χ0n) is 22.0. The van der Waals surface area contributed by atoms with Gasteiger partial charge in [-0.15, -0.1) is 6.58 Å². The van der Waals surface area contributed by atoms with Crippen LogP contribution in [0.1, 0.15) is 59.8 Å². The Labute approximate surface area is 214 Å². The lowest BCUT2D eigenvalue weighted by Gasteiger charge is -2.58. The summed E-state index contributed by atoms with van der Waals surface area (Å²) in [5.74, 6) is -0.0242. The van der Waals surface area contributed by atoms with Crippen LogP contribution in [-0.4, -0.2) is 60.3 Å². The molecule has 0 aromatic rings. The molecule has 1 heterocycles. The molecule has 1 saturated heterocycles. The highest BCUT2D eigenvalue weighted by Crippen LogP contribution is 2.82. The van der Waals surface area contributed by atoms with Gasteiger partial charge >= 0.3 is 5.97 Å². The average Bonchev–Trinajstić information content (AvgIpc) is 3.39. The first-order valence-electron chi connectivity index (χ1n) is 13.7. The summed E-state index contributed by atoms with van der Waals surface area (Å²) < 4.78 is 18.2. The zero-order chi connectivity index (χ0) is 26.0. The highest BCUT2D eigenvalue weighted by Gasteiger charge is 2.84. The van der Waals surface area contributed by atoms with E-state index in [9.17, 15) is 19.8 Å². The molecule has 7 nitrogen and oxygen atoms in total. The van der Waals surface area contributed by atoms with Crippen LogP contribution in [0.4, 0.5) is 0 Å². The molecular weight excluding hydrogens is 460 g/mol. The van der Waals surface area contributed by atoms with Gasteiger partial charge in [0, 0.05) is 11.8 Å². The van der Waals surface area contributed by atoms with Crippen molar-refractivity contribution < 1.29 is 34.0 Å². The van der Waals surface area contributed by atoms with Crippen molar-refractivity contribution in [1.29, 1.82) is 0 Å². The summed E-state index contributed by atoms with van der Waals surface area (Å²) in [4.78, 5) is 26.6. The minimum Gasteiger partial charge on any atom is -0.481 e. The Balaban J connectivity index is 1.49. The van der Waals surface area contributed by atoms with Crippen molar-refractivity contribution in [3.63, 3.8) is 0 Å². The number of carbonyl (C=O) groups excluding carboxylic acids is 1. The summed E-state index contributed by atoms with van der Waals surface area (Å²) in [6, 6.07) is 0. The minimum absolute atomic E-state index is 0.0241. The van der Waals surface area contributed by atoms with E-state index in [1.54, 1.807) is 6.08 Å². The second kappa shape index (κ2) is 9.04. The molecule has 0 aromatic heterocycles. The van der Waals surface area contributed by atoms with Gasteiger partial charge in [-0.2, -0.15) is 0 Å². The number of hydrogen-bond acceptors (Lipinski definition) is 6. The summed E-state index contributed by atoms with van der Waals surface area (Å²) in [6.45, 7) is 12.4. The van der Waals surface area contributed by atoms with Gasteiger partial charge in [0.2, 0.25) is 0 Å². The SMILES string of the molecule is C=CCO[C@H]1[C@@H](O)C[C@H](OCC23CC4C(C)CCC4C4(C=O)CC2C=C(C(C)C)C43C(=O)O)O[C@@H]1C. The van der Waals surface area contributed by atoms with Crippen molar-refractivity contribution in [3.05, 3.63) is 24.3 Å². The topological polar surface area (TPSA) is 102 Å². The molecule has 0 radical (unpaired) electrons. The van der Waals surface area contributed by atoms with Gasteiger partial charge in [0.1, 0.15) is 17.8 Å². The standard InChI is InChI=1S/C29H42O7/c1-6-9-34-25-18(5)36-24(11-23(25)31)35-15-28-13-20-17(4)7-8-21(20)27(14-30)12-19(28)10-22(16(2)3)29(27,28)26(32)33/h6,10,14,16-21,23-25,31H,1,7-9,11-13,15H2,2-5H3,(H,32,33)/t17?,18-,19?,20?,21?,23+,24-,25-,27?,28?,29?/m1/s1. The monoisotopic (exact) mass is 502 g/mol. The Kier molecular flexibility index (Phi) is 6.55. The number of rotatable bonds is 9. The molecule has 0 spiro atoms. The van der Waals surface area contributed by atoms with Crippen molar-refractivity contribution in [1.82, 2.24) is 0 Å². The first-order chi connectivity index (χ1) is 17.1. The second-order valence-electron chi connectivity index (χ2n) is 12.5. The fourth-order valence-corrected chi connectivity index (χ4v) is 9.43. The van der Waals surface area contributed by atoms with Crippen molar-refractivity contribution >= 4 is 12.3 Å². The summed E-state index contributed by atoms with van der Waals surface area (Å²) in [5.41, 5.74) is -1.97. The van der Waals surface area contributed by atoms with Gasteiger partial charge in [-0.3, -0.25) is 4.79 Å². The van der Waals surface area contributed by atoms with Gasteiger partial charge < -0.3 is 29.2 Å². The molecule has 0 amide bonds. The number of hydrogen-bond donors (Lipinski definition) is 2. The largest absolute Gasteiger partial charge is 0.481 e. The third-order valence-corrected chi connectivity index (χ3v) is 10.7. The average molecular weight is 503 g/mol. The first kappa shape index (κ1) is 26.1. The van der Waals surface area contributed by atoms with E-state index < -0.39 is 40.7 Å². The molecule has 1 aliphatic heterocycles. The number of aliphatic hydroxyl groups is 1. The lowest BCUT2D eigenvalue weighted by atomic mass is 9.43. The van der Waals surface area contributed by atoms with E-state index in [2.05, 4.69) is 19.6 Å². The van der Waals surface area contributed by atoms with Crippen molar-refractivity contribution in [2.45, 2.75) is 84.4 Å². The van der Waals surface area contributed by atoms with E-state index in [-0.39, 0.29) is 36.9 Å². The molecule has 5 rings (SSSR count). The Hall–Kier alpha value is -1.54. The number of ether oxygens (including phenoxy) is 3. The van der Waals surface area contributed by atoms with E-state index in [0.29, 0.717) is 24.9 Å². The van der Waals surface area contributed by atoms with Crippen LogP contribution in [0.15, 0.2) is 24.3 Å². The van der Waals surface area contributed by atoms with Crippen molar-refractivity contribution in [2.75, 3.05) is 13.2 Å². The summed E-state index contributed by atoms with van der Waals surface area (Å²) in [6.07, 6.45) is 6.10. The van der Waals surface area contributed by atoms with E-state index in [0.717, 1.165) is 31.1 Å². The quantitative estimate of drug-likeness (QED) is 0.363. The van der Waals surface area contributed by atoms with Gasteiger partial charge in [-0.1, -0.05) is 44.9 Å². The zero-order valence-corrected chi connectivity index (χ0v) is 22.0. The third-order valence-electron chi connectivity index (χ3n) is 10.7. The van der Waals surface area contributed by atoms with Crippen LogP contribution in [-0.2, 0) is 23.8 Å². The molecule has 7 heteroatoms. The summed E-state index contributed by atoms with van der Waals surface area (Å²) in [7, 11) is 0. The number of carboxylic acid groups (broad SMARTS) is 1. The predicted octanol–water partition coefficient (Wildman–Crippen LogP) is 3.99. The van der Waals surface area contributed by atoms with Gasteiger partial charge in [0.25, 0.3) is 0 Å². The van der Waals surface area contributed by atoms with Crippen molar-refractivity contribution in [2.24, 2.45) is 45.8 Å².